The van der Waals surface area contributed by atoms with E-state index in [1.165, 1.54) is 43.2 Å². The van der Waals surface area contributed by atoms with Crippen LogP contribution in [-0.2, 0) is 0 Å². The fraction of sp³-hybridized carbons (Fsp3) is 0.536. The molecular weight excluding hydrogens is 350 g/mol. The molecule has 1 saturated carbocycles. The Balaban J connectivity index is 0.000000960. The first-order valence-corrected chi connectivity index (χ1v) is 11.4. The molecule has 1 nitrogen and oxygen atoms in total. The zero-order valence-electron chi connectivity index (χ0n) is 19.3. The van der Waals surface area contributed by atoms with E-state index in [4.69, 9.17) is 0 Å². The summed E-state index contributed by atoms with van der Waals surface area (Å²) in [5.74, 6) is 8.23. The molecule has 2 rings (SSSR count). The van der Waals surface area contributed by atoms with Crippen LogP contribution in [0.1, 0.15) is 89.7 Å². The van der Waals surface area contributed by atoms with Crippen molar-refractivity contribution in [2.45, 2.75) is 85.5 Å². The molecule has 29 heavy (non-hydrogen) atoms. The molecule has 1 unspecified atom stereocenters. The molecule has 0 amide bonds. The zero-order valence-corrected chi connectivity index (χ0v) is 19.3. The van der Waals surface area contributed by atoms with E-state index in [0.29, 0.717) is 5.92 Å². The van der Waals surface area contributed by atoms with Crippen molar-refractivity contribution in [3.63, 3.8) is 0 Å². The van der Waals surface area contributed by atoms with Crippen LogP contribution in [0.2, 0.25) is 0 Å². The highest BCUT2D eigenvalue weighted by Gasteiger charge is 2.16. The second kappa shape index (κ2) is 14.9. The Morgan fingerprint density at radius 2 is 2.00 bits per heavy atom. The third-order valence-electron chi connectivity index (χ3n) is 5.45. The van der Waals surface area contributed by atoms with E-state index >= 15 is 0 Å². The number of aliphatic imine (C=N–C) groups is 1. The van der Waals surface area contributed by atoms with Crippen LogP contribution in [0.4, 0.5) is 5.69 Å². The van der Waals surface area contributed by atoms with Crippen LogP contribution < -0.4 is 0 Å². The molecule has 1 aliphatic rings. The summed E-state index contributed by atoms with van der Waals surface area (Å²) < 4.78 is 0. The minimum absolute atomic E-state index is 0.682. The molecule has 0 bridgehead atoms. The summed E-state index contributed by atoms with van der Waals surface area (Å²) in [7, 11) is 0. The lowest BCUT2D eigenvalue weighted by Crippen LogP contribution is -2.00. The molecule has 1 heteroatoms. The van der Waals surface area contributed by atoms with Crippen LogP contribution in [-0.4, -0.2) is 6.21 Å². The number of nitrogens with zero attached hydrogens (tertiary/aromatic N) is 1. The minimum atomic E-state index is 0.682. The van der Waals surface area contributed by atoms with Gasteiger partial charge in [0.1, 0.15) is 0 Å². The summed E-state index contributed by atoms with van der Waals surface area (Å²) in [4.78, 5) is 4.40. The van der Waals surface area contributed by atoms with E-state index < -0.39 is 0 Å². The van der Waals surface area contributed by atoms with Gasteiger partial charge < -0.3 is 0 Å². The number of aryl methyl sites for hydroxylation is 1. The van der Waals surface area contributed by atoms with E-state index in [-0.39, 0.29) is 0 Å². The molecule has 0 saturated heterocycles. The van der Waals surface area contributed by atoms with Gasteiger partial charge in [0.25, 0.3) is 0 Å². The Kier molecular flexibility index (Phi) is 12.8. The fourth-order valence-corrected chi connectivity index (χ4v) is 3.75. The average molecular weight is 392 g/mol. The van der Waals surface area contributed by atoms with E-state index in [2.05, 4.69) is 69.0 Å². The molecular formula is C28H41N. The molecule has 0 N–H and O–H groups in total. The van der Waals surface area contributed by atoms with Crippen molar-refractivity contribution in [1.29, 1.82) is 0 Å². The molecule has 1 aromatic rings. The minimum Gasteiger partial charge on any atom is -0.261 e. The van der Waals surface area contributed by atoms with Crippen molar-refractivity contribution >= 4 is 11.9 Å². The topological polar surface area (TPSA) is 12.4 Å². The molecule has 0 radical (unpaired) electrons. The number of benzene rings is 1. The van der Waals surface area contributed by atoms with E-state index in [0.717, 1.165) is 42.9 Å². The van der Waals surface area contributed by atoms with Crippen molar-refractivity contribution in [2.24, 2.45) is 16.8 Å². The van der Waals surface area contributed by atoms with Gasteiger partial charge in [0.2, 0.25) is 0 Å². The van der Waals surface area contributed by atoms with Crippen LogP contribution in [0.3, 0.4) is 0 Å². The van der Waals surface area contributed by atoms with Crippen molar-refractivity contribution in [3.05, 3.63) is 54.1 Å². The maximum Gasteiger partial charge on any atom is 0.0667 e. The van der Waals surface area contributed by atoms with Crippen LogP contribution in [0.25, 0.3) is 0 Å². The number of rotatable bonds is 8. The van der Waals surface area contributed by atoms with Crippen LogP contribution in [0.15, 0.2) is 48.0 Å². The SMILES string of the molecule is C=C(CC(C)CCC#Cc1ccc(C)c(N=CC)c1)CC1CCCC1.C=CCC. The molecule has 0 aromatic heterocycles. The highest BCUT2D eigenvalue weighted by Crippen LogP contribution is 2.31. The van der Waals surface area contributed by atoms with Gasteiger partial charge in [-0.15, -0.1) is 6.58 Å². The van der Waals surface area contributed by atoms with Gasteiger partial charge in [-0.1, -0.05) is 75.7 Å². The lowest BCUT2D eigenvalue weighted by atomic mass is 9.91. The van der Waals surface area contributed by atoms with Crippen LogP contribution >= 0.6 is 0 Å². The van der Waals surface area contributed by atoms with Gasteiger partial charge >= 0.3 is 0 Å². The van der Waals surface area contributed by atoms with E-state index in [1.807, 2.05) is 19.2 Å². The van der Waals surface area contributed by atoms with E-state index in [9.17, 15) is 0 Å². The largest absolute Gasteiger partial charge is 0.261 e. The van der Waals surface area contributed by atoms with Gasteiger partial charge in [-0.05, 0) is 69.1 Å². The maximum absolute atomic E-state index is 4.40. The van der Waals surface area contributed by atoms with Gasteiger partial charge in [0, 0.05) is 18.2 Å². The van der Waals surface area contributed by atoms with Crippen molar-refractivity contribution in [2.75, 3.05) is 0 Å². The molecule has 158 valence electrons. The zero-order chi connectivity index (χ0) is 21.5. The second-order valence-corrected chi connectivity index (χ2v) is 8.34. The Bertz CT molecular complexity index is 708. The quantitative estimate of drug-likeness (QED) is 0.239. The third-order valence-corrected chi connectivity index (χ3v) is 5.45. The van der Waals surface area contributed by atoms with Crippen molar-refractivity contribution < 1.29 is 0 Å². The van der Waals surface area contributed by atoms with Crippen molar-refractivity contribution in [1.82, 2.24) is 0 Å². The molecule has 0 aliphatic heterocycles. The lowest BCUT2D eigenvalue weighted by molar-refractivity contribution is 0.487. The van der Waals surface area contributed by atoms with Crippen LogP contribution in [0, 0.1) is 30.6 Å². The van der Waals surface area contributed by atoms with Gasteiger partial charge in [-0.2, -0.15) is 0 Å². The number of hydrogen-bond donors (Lipinski definition) is 0. The predicted octanol–water partition coefficient (Wildman–Crippen LogP) is 8.59. The molecule has 0 heterocycles. The standard InChI is InChI=1S/C24H33N.C4H8/c1-5-25-24-18-23(15-14-21(24)4)13-7-6-10-19(2)16-20(3)17-22-11-8-9-12-22;1-3-4-2/h5,14-15,18-19,22H,3,6,8-12,16-17H2,1-2,4H3;3H,1,4H2,2H3. The van der Waals surface area contributed by atoms with E-state index in [1.54, 1.807) is 0 Å². The molecule has 0 spiro atoms. The monoisotopic (exact) mass is 391 g/mol. The summed E-state index contributed by atoms with van der Waals surface area (Å²) in [6.45, 7) is 16.2. The third kappa shape index (κ3) is 10.9. The molecule has 1 aliphatic carbocycles. The second-order valence-electron chi connectivity index (χ2n) is 8.34. The van der Waals surface area contributed by atoms with Crippen molar-refractivity contribution in [3.8, 4) is 11.8 Å². The van der Waals surface area contributed by atoms with Gasteiger partial charge in [0.05, 0.1) is 5.69 Å². The first-order chi connectivity index (χ1) is 14.0. The van der Waals surface area contributed by atoms with Gasteiger partial charge in [-0.25, -0.2) is 0 Å². The summed E-state index contributed by atoms with van der Waals surface area (Å²) in [5, 5.41) is 0. The lowest BCUT2D eigenvalue weighted by Gasteiger charge is -2.15. The Morgan fingerprint density at radius 3 is 2.62 bits per heavy atom. The normalized spacial score (nSPS) is 14.6. The maximum atomic E-state index is 4.40. The number of hydrogen-bond acceptors (Lipinski definition) is 1. The highest BCUT2D eigenvalue weighted by atomic mass is 14.7. The van der Waals surface area contributed by atoms with Gasteiger partial charge in [0.15, 0.2) is 0 Å². The van der Waals surface area contributed by atoms with Crippen LogP contribution in [0.5, 0.6) is 0 Å². The first-order valence-electron chi connectivity index (χ1n) is 11.4. The predicted molar refractivity (Wildman–Crippen MR) is 131 cm³/mol. The summed E-state index contributed by atoms with van der Waals surface area (Å²) in [6, 6.07) is 6.26. The molecule has 1 aromatic carbocycles. The Hall–Kier alpha value is -2.07. The summed E-state index contributed by atoms with van der Waals surface area (Å²) >= 11 is 0. The summed E-state index contributed by atoms with van der Waals surface area (Å²) in [6.07, 6.45) is 15.0. The highest BCUT2D eigenvalue weighted by molar-refractivity contribution is 5.63. The summed E-state index contributed by atoms with van der Waals surface area (Å²) in [5.41, 5.74) is 4.72. The fourth-order valence-electron chi connectivity index (χ4n) is 3.75. The Labute approximate surface area is 180 Å². The molecule has 1 fully saturated rings. The Morgan fingerprint density at radius 1 is 1.31 bits per heavy atom. The average Bonchev–Trinajstić information content (AvgIpc) is 3.20. The molecule has 1 atom stereocenters. The first kappa shape index (κ1) is 25.0. The smallest absolute Gasteiger partial charge is 0.0667 e. The number of allylic oxidation sites excluding steroid dienone is 2. The van der Waals surface area contributed by atoms with Gasteiger partial charge in [-0.3, -0.25) is 4.99 Å².